The molecule has 0 amide bonds. The molecule has 2 bridgehead atoms. The van der Waals surface area contributed by atoms with Crippen molar-refractivity contribution < 1.29 is 4.39 Å². The van der Waals surface area contributed by atoms with Gasteiger partial charge in [0.2, 0.25) is 0 Å². The number of allylic oxidation sites excluding steroid dienone is 2. The summed E-state index contributed by atoms with van der Waals surface area (Å²) in [7, 11) is 2.29. The van der Waals surface area contributed by atoms with Crippen LogP contribution in [0.15, 0.2) is 24.2 Å². The van der Waals surface area contributed by atoms with E-state index in [1.807, 2.05) is 0 Å². The fourth-order valence-electron chi connectivity index (χ4n) is 3.56. The molecule has 2 aliphatic heterocycles. The Bertz CT molecular complexity index is 331. The molecular formula is C16H27FN2. The third-order valence-electron chi connectivity index (χ3n) is 4.79. The lowest BCUT2D eigenvalue weighted by Gasteiger charge is -2.31. The summed E-state index contributed by atoms with van der Waals surface area (Å²) in [5.41, 5.74) is 0.696. The molecule has 3 heteroatoms. The number of rotatable bonds is 4. The zero-order valence-electron chi connectivity index (χ0n) is 12.3. The van der Waals surface area contributed by atoms with Gasteiger partial charge in [0, 0.05) is 24.3 Å². The van der Waals surface area contributed by atoms with Crippen molar-refractivity contribution in [2.24, 2.45) is 5.92 Å². The lowest BCUT2D eigenvalue weighted by molar-refractivity contribution is 0.180. The standard InChI is InChI=1S/C16H27FN2/c1-12(17)10-13(2)18-11-14-4-6-15-8-9-16(7-5-14)19(15)3/h10,14-16,18H,2,4-9,11H2,1,3H3/b12-10+. The first-order valence-electron chi connectivity index (χ1n) is 7.54. The predicted octanol–water partition coefficient (Wildman–Crippen LogP) is 3.62. The maximum Gasteiger partial charge on any atom is 0.0989 e. The van der Waals surface area contributed by atoms with Crippen molar-refractivity contribution in [1.29, 1.82) is 0 Å². The van der Waals surface area contributed by atoms with Crippen molar-refractivity contribution in [3.63, 3.8) is 0 Å². The van der Waals surface area contributed by atoms with Gasteiger partial charge in [-0.05, 0) is 64.5 Å². The molecule has 108 valence electrons. The molecule has 2 atom stereocenters. The Labute approximate surface area is 116 Å². The minimum atomic E-state index is -0.185. The normalized spacial score (nSPS) is 32.8. The third kappa shape index (κ3) is 4.07. The van der Waals surface area contributed by atoms with E-state index >= 15 is 0 Å². The fraction of sp³-hybridized carbons (Fsp3) is 0.750. The van der Waals surface area contributed by atoms with Gasteiger partial charge in [0.1, 0.15) is 0 Å². The second-order valence-electron chi connectivity index (χ2n) is 6.21. The molecular weight excluding hydrogens is 239 g/mol. The van der Waals surface area contributed by atoms with Gasteiger partial charge in [-0.15, -0.1) is 0 Å². The summed E-state index contributed by atoms with van der Waals surface area (Å²) in [4.78, 5) is 2.60. The molecule has 19 heavy (non-hydrogen) atoms. The second kappa shape index (κ2) is 6.56. The van der Waals surface area contributed by atoms with Crippen LogP contribution >= 0.6 is 0 Å². The molecule has 2 heterocycles. The highest BCUT2D eigenvalue weighted by atomic mass is 19.1. The van der Waals surface area contributed by atoms with Gasteiger partial charge in [0.05, 0.1) is 5.83 Å². The average molecular weight is 266 g/mol. The van der Waals surface area contributed by atoms with Crippen LogP contribution in [0.4, 0.5) is 4.39 Å². The van der Waals surface area contributed by atoms with Crippen molar-refractivity contribution in [1.82, 2.24) is 10.2 Å². The SMILES string of the molecule is C=C(/C=C(\C)F)NCC1CCC2CCC(CC1)N2C. The van der Waals surface area contributed by atoms with Crippen LogP contribution in [0.25, 0.3) is 0 Å². The molecule has 0 aliphatic carbocycles. The maximum atomic E-state index is 12.7. The molecule has 2 fully saturated rings. The van der Waals surface area contributed by atoms with Gasteiger partial charge in [-0.1, -0.05) is 6.58 Å². The maximum absolute atomic E-state index is 12.7. The first-order chi connectivity index (χ1) is 9.06. The first kappa shape index (κ1) is 14.6. The summed E-state index contributed by atoms with van der Waals surface area (Å²) in [6, 6.07) is 1.59. The van der Waals surface area contributed by atoms with Crippen LogP contribution in [-0.2, 0) is 0 Å². The monoisotopic (exact) mass is 266 g/mol. The summed E-state index contributed by atoms with van der Waals surface area (Å²) in [5.74, 6) is 0.525. The Kier molecular flexibility index (Phi) is 5.03. The van der Waals surface area contributed by atoms with Gasteiger partial charge in [0.25, 0.3) is 0 Å². The van der Waals surface area contributed by atoms with E-state index in [1.165, 1.54) is 51.5 Å². The lowest BCUT2D eigenvalue weighted by Crippen LogP contribution is -2.36. The van der Waals surface area contributed by atoms with E-state index in [1.54, 1.807) is 0 Å². The molecule has 2 unspecified atom stereocenters. The Morgan fingerprint density at radius 2 is 1.74 bits per heavy atom. The van der Waals surface area contributed by atoms with Gasteiger partial charge in [0.15, 0.2) is 0 Å². The zero-order chi connectivity index (χ0) is 13.8. The Morgan fingerprint density at radius 3 is 2.26 bits per heavy atom. The molecule has 0 spiro atoms. The summed E-state index contributed by atoms with van der Waals surface area (Å²) >= 11 is 0. The quantitative estimate of drug-likeness (QED) is 0.782. The molecule has 0 saturated carbocycles. The van der Waals surface area contributed by atoms with E-state index in [0.717, 1.165) is 18.6 Å². The van der Waals surface area contributed by atoms with Crippen LogP contribution in [0.1, 0.15) is 45.4 Å². The molecule has 0 aromatic heterocycles. The Balaban J connectivity index is 1.79. The smallest absolute Gasteiger partial charge is 0.0989 e. The average Bonchev–Trinajstić information content (AvgIpc) is 2.72. The van der Waals surface area contributed by atoms with E-state index in [9.17, 15) is 4.39 Å². The number of hydrogen-bond acceptors (Lipinski definition) is 2. The van der Waals surface area contributed by atoms with Crippen LogP contribution in [-0.4, -0.2) is 30.6 Å². The molecule has 0 radical (unpaired) electrons. The van der Waals surface area contributed by atoms with Crippen LogP contribution in [0.3, 0.4) is 0 Å². The molecule has 1 N–H and O–H groups in total. The van der Waals surface area contributed by atoms with Crippen LogP contribution < -0.4 is 5.32 Å². The number of nitrogens with zero attached hydrogens (tertiary/aromatic N) is 1. The van der Waals surface area contributed by atoms with Gasteiger partial charge in [-0.2, -0.15) is 0 Å². The van der Waals surface area contributed by atoms with Crippen LogP contribution in [0.5, 0.6) is 0 Å². The molecule has 2 rings (SSSR count). The zero-order valence-corrected chi connectivity index (χ0v) is 12.3. The molecule has 0 aromatic rings. The summed E-state index contributed by atoms with van der Waals surface area (Å²) in [6.45, 7) is 6.23. The minimum Gasteiger partial charge on any atom is -0.385 e. The molecule has 2 nitrogen and oxygen atoms in total. The number of fused-ring (bicyclic) bond motifs is 2. The van der Waals surface area contributed by atoms with E-state index in [4.69, 9.17) is 0 Å². The summed E-state index contributed by atoms with van der Waals surface area (Å²) in [6.07, 6.45) is 9.39. The molecule has 0 aromatic carbocycles. The van der Waals surface area contributed by atoms with Crippen molar-refractivity contribution in [2.45, 2.75) is 57.5 Å². The fourth-order valence-corrected chi connectivity index (χ4v) is 3.56. The summed E-state index contributed by atoms with van der Waals surface area (Å²) in [5, 5.41) is 3.27. The lowest BCUT2D eigenvalue weighted by atomic mass is 9.92. The van der Waals surface area contributed by atoms with Crippen molar-refractivity contribution in [2.75, 3.05) is 13.6 Å². The van der Waals surface area contributed by atoms with Crippen LogP contribution in [0, 0.1) is 5.92 Å². The predicted molar refractivity (Wildman–Crippen MR) is 78.5 cm³/mol. The first-order valence-corrected chi connectivity index (χ1v) is 7.54. The van der Waals surface area contributed by atoms with Gasteiger partial charge in [-0.25, -0.2) is 4.39 Å². The van der Waals surface area contributed by atoms with Crippen LogP contribution in [0.2, 0.25) is 0 Å². The van der Waals surface area contributed by atoms with Gasteiger partial charge < -0.3 is 10.2 Å². The van der Waals surface area contributed by atoms with Crippen molar-refractivity contribution >= 4 is 0 Å². The highest BCUT2D eigenvalue weighted by molar-refractivity contribution is 5.14. The number of hydrogen-bond donors (Lipinski definition) is 1. The minimum absolute atomic E-state index is 0.185. The Hall–Kier alpha value is -0.830. The highest BCUT2D eigenvalue weighted by Gasteiger charge is 2.32. The van der Waals surface area contributed by atoms with E-state index in [2.05, 4.69) is 23.8 Å². The van der Waals surface area contributed by atoms with Crippen molar-refractivity contribution in [3.05, 3.63) is 24.2 Å². The topological polar surface area (TPSA) is 15.3 Å². The van der Waals surface area contributed by atoms with E-state index in [-0.39, 0.29) is 5.83 Å². The van der Waals surface area contributed by atoms with E-state index in [0.29, 0.717) is 11.6 Å². The molecule has 2 aliphatic rings. The highest BCUT2D eigenvalue weighted by Crippen LogP contribution is 2.33. The largest absolute Gasteiger partial charge is 0.385 e. The third-order valence-corrected chi connectivity index (χ3v) is 4.79. The Morgan fingerprint density at radius 1 is 1.21 bits per heavy atom. The second-order valence-corrected chi connectivity index (χ2v) is 6.21. The van der Waals surface area contributed by atoms with Gasteiger partial charge >= 0.3 is 0 Å². The summed E-state index contributed by atoms with van der Waals surface area (Å²) < 4.78 is 12.7. The number of halogens is 1. The van der Waals surface area contributed by atoms with E-state index < -0.39 is 0 Å². The van der Waals surface area contributed by atoms with Crippen molar-refractivity contribution in [3.8, 4) is 0 Å². The van der Waals surface area contributed by atoms with Gasteiger partial charge in [-0.3, -0.25) is 0 Å². The molecule has 2 saturated heterocycles. The number of nitrogens with one attached hydrogen (secondary N) is 1.